The minimum Gasteiger partial charge on any atom is -0.492 e. The van der Waals surface area contributed by atoms with Gasteiger partial charge in [-0.2, -0.15) is 0 Å². The average Bonchev–Trinajstić information content (AvgIpc) is 2.28. The summed E-state index contributed by atoms with van der Waals surface area (Å²) in [6, 6.07) is 4.46. The van der Waals surface area contributed by atoms with Gasteiger partial charge in [-0.1, -0.05) is 6.08 Å². The summed E-state index contributed by atoms with van der Waals surface area (Å²) in [5.41, 5.74) is 0. The predicted octanol–water partition coefficient (Wildman–Crippen LogP) is 4.71. The van der Waals surface area contributed by atoms with E-state index in [-0.39, 0.29) is 5.82 Å². The van der Waals surface area contributed by atoms with Crippen molar-refractivity contribution >= 4 is 15.9 Å². The molecule has 0 heterocycles. The molecule has 0 bridgehead atoms. The summed E-state index contributed by atoms with van der Waals surface area (Å²) >= 11 is 3.32. The quantitative estimate of drug-likeness (QED) is 0.521. The lowest BCUT2D eigenvalue weighted by Crippen LogP contribution is -1.98. The smallest absolute Gasteiger partial charge is 0.136 e. The van der Waals surface area contributed by atoms with Gasteiger partial charge in [0.25, 0.3) is 0 Å². The third-order valence-electron chi connectivity index (χ3n) is 2.20. The summed E-state index contributed by atoms with van der Waals surface area (Å²) < 4.78 is 19.2. The van der Waals surface area contributed by atoms with Crippen LogP contribution in [0.2, 0.25) is 0 Å². The molecule has 1 aromatic carbocycles. The van der Waals surface area contributed by atoms with Crippen LogP contribution in [0.25, 0.3) is 0 Å². The van der Waals surface area contributed by atoms with Crippen LogP contribution in [0, 0.1) is 5.82 Å². The minimum absolute atomic E-state index is 0.273. The first-order chi connectivity index (χ1) is 7.74. The van der Waals surface area contributed by atoms with Crippen molar-refractivity contribution in [2.45, 2.75) is 25.7 Å². The van der Waals surface area contributed by atoms with E-state index in [4.69, 9.17) is 4.74 Å². The predicted molar refractivity (Wildman–Crippen MR) is 68.3 cm³/mol. The van der Waals surface area contributed by atoms with Crippen LogP contribution >= 0.6 is 15.9 Å². The Kier molecular flexibility index (Phi) is 6.16. The maximum absolute atomic E-state index is 12.9. The van der Waals surface area contributed by atoms with E-state index in [1.807, 2.05) is 6.08 Å². The van der Waals surface area contributed by atoms with Gasteiger partial charge < -0.3 is 4.74 Å². The van der Waals surface area contributed by atoms with Crippen LogP contribution in [-0.2, 0) is 0 Å². The van der Waals surface area contributed by atoms with Gasteiger partial charge in [0.1, 0.15) is 11.6 Å². The second-order valence-corrected chi connectivity index (χ2v) is 4.42. The van der Waals surface area contributed by atoms with Crippen LogP contribution in [0.5, 0.6) is 5.75 Å². The number of hydrogen-bond donors (Lipinski definition) is 0. The van der Waals surface area contributed by atoms with Gasteiger partial charge in [0.15, 0.2) is 0 Å². The highest BCUT2D eigenvalue weighted by atomic mass is 79.9. The first kappa shape index (κ1) is 13.2. The Hall–Kier alpha value is -0.830. The summed E-state index contributed by atoms with van der Waals surface area (Å²) in [5, 5.41) is 0. The van der Waals surface area contributed by atoms with Crippen molar-refractivity contribution < 1.29 is 9.13 Å². The van der Waals surface area contributed by atoms with Crippen molar-refractivity contribution in [1.29, 1.82) is 0 Å². The molecule has 0 atom stereocenters. The number of allylic oxidation sites excluding steroid dienone is 1. The first-order valence-electron chi connectivity index (χ1n) is 5.43. The lowest BCUT2D eigenvalue weighted by molar-refractivity contribution is 0.302. The lowest BCUT2D eigenvalue weighted by Gasteiger charge is -2.07. The van der Waals surface area contributed by atoms with E-state index in [9.17, 15) is 4.39 Å². The molecule has 0 aromatic heterocycles. The summed E-state index contributed by atoms with van der Waals surface area (Å²) in [6.45, 7) is 4.29. The number of ether oxygens (including phenoxy) is 1. The zero-order valence-electron chi connectivity index (χ0n) is 9.22. The Morgan fingerprint density at radius 2 is 2.12 bits per heavy atom. The third-order valence-corrected chi connectivity index (χ3v) is 2.86. The van der Waals surface area contributed by atoms with E-state index in [0.717, 1.165) is 30.2 Å². The molecule has 1 aromatic rings. The van der Waals surface area contributed by atoms with Gasteiger partial charge in [-0.15, -0.1) is 6.58 Å². The van der Waals surface area contributed by atoms with Gasteiger partial charge in [-0.3, -0.25) is 0 Å². The first-order valence-corrected chi connectivity index (χ1v) is 6.22. The molecular formula is C13H16BrFO. The summed E-state index contributed by atoms with van der Waals surface area (Å²) in [4.78, 5) is 0. The molecule has 0 unspecified atom stereocenters. The fourth-order valence-corrected chi connectivity index (χ4v) is 1.70. The molecule has 0 fully saturated rings. The van der Waals surface area contributed by atoms with E-state index in [1.165, 1.54) is 12.1 Å². The van der Waals surface area contributed by atoms with Gasteiger partial charge in [-0.25, -0.2) is 4.39 Å². The molecule has 0 aliphatic carbocycles. The van der Waals surface area contributed by atoms with Crippen LogP contribution in [-0.4, -0.2) is 6.61 Å². The largest absolute Gasteiger partial charge is 0.492 e. The molecule has 0 saturated carbocycles. The Balaban J connectivity index is 2.26. The molecule has 88 valence electrons. The van der Waals surface area contributed by atoms with Gasteiger partial charge in [0.05, 0.1) is 11.1 Å². The Morgan fingerprint density at radius 3 is 2.88 bits per heavy atom. The molecule has 0 spiro atoms. The summed E-state index contributed by atoms with van der Waals surface area (Å²) in [7, 11) is 0. The molecule has 16 heavy (non-hydrogen) atoms. The lowest BCUT2D eigenvalue weighted by atomic mass is 10.2. The van der Waals surface area contributed by atoms with E-state index in [0.29, 0.717) is 12.4 Å². The standard InChI is InChI=1S/C13H16BrFO/c1-2-3-4-5-6-9-16-13-10-11(15)7-8-12(13)14/h2,7-8,10H,1,3-6,9H2. The Bertz CT molecular complexity index is 339. The number of halogens is 2. The number of hydrogen-bond acceptors (Lipinski definition) is 1. The maximum atomic E-state index is 12.9. The maximum Gasteiger partial charge on any atom is 0.136 e. The van der Waals surface area contributed by atoms with Gasteiger partial charge in [-0.05, 0) is 53.7 Å². The van der Waals surface area contributed by atoms with Gasteiger partial charge in [0.2, 0.25) is 0 Å². The zero-order chi connectivity index (χ0) is 11.8. The molecule has 0 aliphatic heterocycles. The van der Waals surface area contributed by atoms with E-state index >= 15 is 0 Å². The highest BCUT2D eigenvalue weighted by molar-refractivity contribution is 9.10. The van der Waals surface area contributed by atoms with E-state index < -0.39 is 0 Å². The normalized spacial score (nSPS) is 10.1. The van der Waals surface area contributed by atoms with Crippen LogP contribution < -0.4 is 4.74 Å². The number of rotatable bonds is 7. The topological polar surface area (TPSA) is 9.23 Å². The van der Waals surface area contributed by atoms with E-state index in [1.54, 1.807) is 6.07 Å². The van der Waals surface area contributed by atoms with Gasteiger partial charge in [0, 0.05) is 6.07 Å². The molecule has 3 heteroatoms. The Morgan fingerprint density at radius 1 is 1.31 bits per heavy atom. The zero-order valence-corrected chi connectivity index (χ0v) is 10.8. The van der Waals surface area contributed by atoms with Crippen LogP contribution in [0.3, 0.4) is 0 Å². The van der Waals surface area contributed by atoms with Crippen molar-refractivity contribution in [3.8, 4) is 5.75 Å². The van der Waals surface area contributed by atoms with Crippen molar-refractivity contribution in [2.24, 2.45) is 0 Å². The SMILES string of the molecule is C=CCCCCCOc1cc(F)ccc1Br. The Labute approximate surface area is 104 Å². The molecule has 0 radical (unpaired) electrons. The van der Waals surface area contributed by atoms with Gasteiger partial charge >= 0.3 is 0 Å². The fourth-order valence-electron chi connectivity index (χ4n) is 1.34. The molecule has 1 nitrogen and oxygen atoms in total. The van der Waals surface area contributed by atoms with Crippen molar-refractivity contribution in [1.82, 2.24) is 0 Å². The molecule has 0 amide bonds. The number of unbranched alkanes of at least 4 members (excludes halogenated alkanes) is 3. The van der Waals surface area contributed by atoms with Crippen LogP contribution in [0.1, 0.15) is 25.7 Å². The molecule has 1 rings (SSSR count). The fraction of sp³-hybridized carbons (Fsp3) is 0.385. The molecule has 0 N–H and O–H groups in total. The van der Waals surface area contributed by atoms with Crippen molar-refractivity contribution in [3.63, 3.8) is 0 Å². The molecule has 0 aliphatic rings. The molecular weight excluding hydrogens is 271 g/mol. The monoisotopic (exact) mass is 286 g/mol. The third kappa shape index (κ3) is 4.79. The number of benzene rings is 1. The van der Waals surface area contributed by atoms with Crippen molar-refractivity contribution in [3.05, 3.63) is 41.1 Å². The van der Waals surface area contributed by atoms with Crippen molar-refractivity contribution in [2.75, 3.05) is 6.61 Å². The second-order valence-electron chi connectivity index (χ2n) is 3.56. The molecule has 0 saturated heterocycles. The van der Waals surface area contributed by atoms with Crippen LogP contribution in [0.15, 0.2) is 35.3 Å². The van der Waals surface area contributed by atoms with E-state index in [2.05, 4.69) is 22.5 Å². The van der Waals surface area contributed by atoms with Crippen LogP contribution in [0.4, 0.5) is 4.39 Å². The highest BCUT2D eigenvalue weighted by Crippen LogP contribution is 2.25. The second kappa shape index (κ2) is 7.44. The highest BCUT2D eigenvalue weighted by Gasteiger charge is 2.02. The average molecular weight is 287 g/mol. The summed E-state index contributed by atoms with van der Waals surface area (Å²) in [6.07, 6.45) is 6.20. The summed E-state index contributed by atoms with van der Waals surface area (Å²) in [5.74, 6) is 0.300. The minimum atomic E-state index is -0.273.